The van der Waals surface area contributed by atoms with Crippen LogP contribution in [0.1, 0.15) is 48.8 Å². The van der Waals surface area contributed by atoms with Gasteiger partial charge in [0.25, 0.3) is 0 Å². The van der Waals surface area contributed by atoms with Gasteiger partial charge >= 0.3 is 5.97 Å². The quantitative estimate of drug-likeness (QED) is 0.710. The Labute approximate surface area is 89.2 Å². The molecule has 0 aromatic carbocycles. The normalized spacial score (nSPS) is 15.3. The van der Waals surface area contributed by atoms with Gasteiger partial charge in [-0.15, -0.1) is 0 Å². The SMILES string of the molecule is CCOC(=O)c1cc(C2CC2)n(CC)n1. The third-order valence-corrected chi connectivity index (χ3v) is 2.59. The molecule has 1 aliphatic carbocycles. The zero-order chi connectivity index (χ0) is 10.8. The van der Waals surface area contributed by atoms with Crippen LogP contribution >= 0.6 is 0 Å². The number of hydrogen-bond donors (Lipinski definition) is 0. The van der Waals surface area contributed by atoms with E-state index in [1.54, 1.807) is 6.92 Å². The van der Waals surface area contributed by atoms with E-state index in [0.717, 1.165) is 6.54 Å². The second kappa shape index (κ2) is 4.04. The Balaban J connectivity index is 2.21. The first kappa shape index (κ1) is 10.2. The van der Waals surface area contributed by atoms with Crippen LogP contribution in [-0.4, -0.2) is 22.4 Å². The maximum atomic E-state index is 11.5. The number of carbonyl (C=O) groups excluding carboxylic acids is 1. The summed E-state index contributed by atoms with van der Waals surface area (Å²) in [6, 6.07) is 1.87. The van der Waals surface area contributed by atoms with Gasteiger partial charge in [-0.3, -0.25) is 4.68 Å². The van der Waals surface area contributed by atoms with E-state index in [2.05, 4.69) is 5.10 Å². The zero-order valence-corrected chi connectivity index (χ0v) is 9.19. The third-order valence-electron chi connectivity index (χ3n) is 2.59. The standard InChI is InChI=1S/C11H16N2O2/c1-3-13-10(8-5-6-8)7-9(12-13)11(14)15-4-2/h7-8H,3-6H2,1-2H3. The van der Waals surface area contributed by atoms with Crippen molar-refractivity contribution in [2.75, 3.05) is 6.61 Å². The molecule has 0 bridgehead atoms. The smallest absolute Gasteiger partial charge is 0.358 e. The van der Waals surface area contributed by atoms with Gasteiger partial charge in [0.2, 0.25) is 0 Å². The molecule has 0 aliphatic heterocycles. The maximum absolute atomic E-state index is 11.5. The molecule has 2 rings (SSSR count). The summed E-state index contributed by atoms with van der Waals surface area (Å²) in [7, 11) is 0. The topological polar surface area (TPSA) is 44.1 Å². The minimum absolute atomic E-state index is 0.313. The molecule has 1 aromatic rings. The van der Waals surface area contributed by atoms with Gasteiger partial charge in [-0.2, -0.15) is 5.10 Å². The lowest BCUT2D eigenvalue weighted by molar-refractivity contribution is 0.0518. The van der Waals surface area contributed by atoms with E-state index >= 15 is 0 Å². The van der Waals surface area contributed by atoms with Crippen molar-refractivity contribution in [2.24, 2.45) is 0 Å². The summed E-state index contributed by atoms with van der Waals surface area (Å²) in [5.41, 5.74) is 1.63. The van der Waals surface area contributed by atoms with Crippen LogP contribution in [0.25, 0.3) is 0 Å². The molecule has 4 heteroatoms. The monoisotopic (exact) mass is 208 g/mol. The average molecular weight is 208 g/mol. The summed E-state index contributed by atoms with van der Waals surface area (Å²) >= 11 is 0. The van der Waals surface area contributed by atoms with Gasteiger partial charge in [0.1, 0.15) is 0 Å². The van der Waals surface area contributed by atoms with E-state index in [-0.39, 0.29) is 5.97 Å². The highest BCUT2D eigenvalue weighted by molar-refractivity contribution is 5.87. The summed E-state index contributed by atoms with van der Waals surface area (Å²) < 4.78 is 6.83. The molecule has 0 spiro atoms. The summed E-state index contributed by atoms with van der Waals surface area (Å²) in [4.78, 5) is 11.5. The zero-order valence-electron chi connectivity index (χ0n) is 9.19. The predicted octanol–water partition coefficient (Wildman–Crippen LogP) is 1.96. The molecule has 0 atom stereocenters. The van der Waals surface area contributed by atoms with Crippen LogP contribution in [0.5, 0.6) is 0 Å². The molecule has 1 fully saturated rings. The molecule has 0 unspecified atom stereocenters. The largest absolute Gasteiger partial charge is 0.461 e. The van der Waals surface area contributed by atoms with Gasteiger partial charge in [-0.25, -0.2) is 4.79 Å². The molecule has 1 aromatic heterocycles. The van der Waals surface area contributed by atoms with Crippen LogP contribution < -0.4 is 0 Å². The van der Waals surface area contributed by atoms with Gasteiger partial charge in [-0.1, -0.05) is 0 Å². The molecule has 0 N–H and O–H groups in total. The molecule has 1 aliphatic rings. The number of carbonyl (C=O) groups is 1. The molecule has 15 heavy (non-hydrogen) atoms. The predicted molar refractivity (Wildman–Crippen MR) is 55.8 cm³/mol. The van der Waals surface area contributed by atoms with Crippen molar-refractivity contribution in [3.8, 4) is 0 Å². The van der Waals surface area contributed by atoms with Gasteiger partial charge in [0.05, 0.1) is 6.61 Å². The number of hydrogen-bond acceptors (Lipinski definition) is 3. The molecule has 1 saturated carbocycles. The van der Waals surface area contributed by atoms with Crippen LogP contribution in [0.15, 0.2) is 6.07 Å². The fourth-order valence-electron chi connectivity index (χ4n) is 1.70. The van der Waals surface area contributed by atoms with Gasteiger partial charge < -0.3 is 4.74 Å². The third kappa shape index (κ3) is 2.03. The molecule has 0 radical (unpaired) electrons. The Morgan fingerprint density at radius 1 is 1.60 bits per heavy atom. The van der Waals surface area contributed by atoms with E-state index in [1.807, 2.05) is 17.7 Å². The van der Waals surface area contributed by atoms with Crippen molar-refractivity contribution in [2.45, 2.75) is 39.2 Å². The highest BCUT2D eigenvalue weighted by Crippen LogP contribution is 2.40. The van der Waals surface area contributed by atoms with Crippen molar-refractivity contribution < 1.29 is 9.53 Å². The molecule has 4 nitrogen and oxygen atoms in total. The number of rotatable bonds is 4. The number of nitrogens with zero attached hydrogens (tertiary/aromatic N) is 2. The van der Waals surface area contributed by atoms with Crippen molar-refractivity contribution >= 4 is 5.97 Å². The highest BCUT2D eigenvalue weighted by atomic mass is 16.5. The Morgan fingerprint density at radius 3 is 2.87 bits per heavy atom. The van der Waals surface area contributed by atoms with E-state index in [4.69, 9.17) is 4.74 Å². The van der Waals surface area contributed by atoms with Crippen LogP contribution in [0.3, 0.4) is 0 Å². The maximum Gasteiger partial charge on any atom is 0.358 e. The first-order valence-corrected chi connectivity index (χ1v) is 5.51. The number of aryl methyl sites for hydroxylation is 1. The fraction of sp³-hybridized carbons (Fsp3) is 0.636. The second-order valence-electron chi connectivity index (χ2n) is 3.76. The molecule has 1 heterocycles. The Kier molecular flexibility index (Phi) is 2.75. The molecule has 0 saturated heterocycles. The average Bonchev–Trinajstić information content (AvgIpc) is 2.98. The summed E-state index contributed by atoms with van der Waals surface area (Å²) in [6.45, 7) is 5.05. The molecular weight excluding hydrogens is 192 g/mol. The lowest BCUT2D eigenvalue weighted by atomic mass is 10.2. The number of ether oxygens (including phenoxy) is 1. The van der Waals surface area contributed by atoms with E-state index < -0.39 is 0 Å². The molecule has 82 valence electrons. The Hall–Kier alpha value is -1.32. The Bertz CT molecular complexity index is 367. The lowest BCUT2D eigenvalue weighted by Crippen LogP contribution is -2.07. The van der Waals surface area contributed by atoms with Crippen LogP contribution in [0.2, 0.25) is 0 Å². The van der Waals surface area contributed by atoms with E-state index in [0.29, 0.717) is 18.2 Å². The number of esters is 1. The van der Waals surface area contributed by atoms with Gasteiger partial charge in [0.15, 0.2) is 5.69 Å². The fourth-order valence-corrected chi connectivity index (χ4v) is 1.70. The van der Waals surface area contributed by atoms with E-state index in [1.165, 1.54) is 18.5 Å². The van der Waals surface area contributed by atoms with Crippen molar-refractivity contribution in [1.29, 1.82) is 0 Å². The molecule has 0 amide bonds. The summed E-state index contributed by atoms with van der Waals surface area (Å²) in [5.74, 6) is 0.298. The first-order chi connectivity index (χ1) is 7.26. The summed E-state index contributed by atoms with van der Waals surface area (Å²) in [5, 5.41) is 4.25. The van der Waals surface area contributed by atoms with Gasteiger partial charge in [-0.05, 0) is 32.8 Å². The van der Waals surface area contributed by atoms with Crippen molar-refractivity contribution in [1.82, 2.24) is 9.78 Å². The van der Waals surface area contributed by atoms with Crippen LogP contribution in [0.4, 0.5) is 0 Å². The first-order valence-electron chi connectivity index (χ1n) is 5.51. The minimum atomic E-state index is -0.313. The van der Waals surface area contributed by atoms with Crippen molar-refractivity contribution in [3.05, 3.63) is 17.5 Å². The Morgan fingerprint density at radius 2 is 2.33 bits per heavy atom. The highest BCUT2D eigenvalue weighted by Gasteiger charge is 2.29. The summed E-state index contributed by atoms with van der Waals surface area (Å²) in [6.07, 6.45) is 2.43. The minimum Gasteiger partial charge on any atom is -0.461 e. The number of aromatic nitrogens is 2. The van der Waals surface area contributed by atoms with E-state index in [9.17, 15) is 4.79 Å². The second-order valence-corrected chi connectivity index (χ2v) is 3.76. The van der Waals surface area contributed by atoms with Crippen LogP contribution in [-0.2, 0) is 11.3 Å². The van der Waals surface area contributed by atoms with Gasteiger partial charge in [0, 0.05) is 18.2 Å². The molecular formula is C11H16N2O2. The van der Waals surface area contributed by atoms with Crippen molar-refractivity contribution in [3.63, 3.8) is 0 Å². The van der Waals surface area contributed by atoms with Crippen LogP contribution in [0, 0.1) is 0 Å². The lowest BCUT2D eigenvalue weighted by Gasteiger charge is -2.00.